The molecule has 8 heteroatoms. The van der Waals surface area contributed by atoms with Crippen LogP contribution in [0, 0.1) is 6.92 Å². The number of carbonyl (C=O) groups excluding carboxylic acids is 1. The maximum Gasteiger partial charge on any atom is 0.335 e. The number of aromatic carboxylic acids is 1. The zero-order valence-electron chi connectivity index (χ0n) is 16.8. The van der Waals surface area contributed by atoms with E-state index < -0.39 is 5.97 Å². The molecule has 0 bridgehead atoms. The number of thiazole rings is 1. The Morgan fingerprint density at radius 1 is 1.19 bits per heavy atom. The van der Waals surface area contributed by atoms with Crippen LogP contribution in [0.5, 0.6) is 0 Å². The Bertz CT molecular complexity index is 1070. The quantitative estimate of drug-likeness (QED) is 0.570. The molecule has 2 aromatic heterocycles. The minimum absolute atomic E-state index is 0. The lowest BCUT2D eigenvalue weighted by molar-refractivity contribution is 0.0696. The summed E-state index contributed by atoms with van der Waals surface area (Å²) in [5.74, 6) is -1.31. The molecule has 2 N–H and O–H groups in total. The highest BCUT2D eigenvalue weighted by atomic mass is 32.1. The minimum Gasteiger partial charge on any atom is -0.478 e. The number of benzene rings is 1. The van der Waals surface area contributed by atoms with Crippen molar-refractivity contribution in [1.29, 1.82) is 0 Å². The van der Waals surface area contributed by atoms with E-state index in [1.807, 2.05) is 23.8 Å². The van der Waals surface area contributed by atoms with Gasteiger partial charge in [-0.1, -0.05) is 13.5 Å². The fraction of sp³-hybridized carbons (Fsp3) is 0.348. The third-order valence-corrected chi connectivity index (χ3v) is 6.08. The van der Waals surface area contributed by atoms with Gasteiger partial charge in [0.1, 0.15) is 5.69 Å². The van der Waals surface area contributed by atoms with Crippen molar-refractivity contribution in [3.8, 4) is 0 Å². The monoisotopic (exact) mass is 440 g/mol. The molecule has 0 radical (unpaired) electrons. The van der Waals surface area contributed by atoms with E-state index in [2.05, 4.69) is 15.6 Å². The normalized spacial score (nSPS) is 13.5. The molecule has 31 heavy (non-hydrogen) atoms. The number of carboxylic acid groups (broad SMARTS) is 1. The van der Waals surface area contributed by atoms with Crippen molar-refractivity contribution in [2.75, 3.05) is 23.3 Å². The summed E-state index contributed by atoms with van der Waals surface area (Å²) >= 11 is 1.65. The van der Waals surface area contributed by atoms with Gasteiger partial charge in [-0.15, -0.1) is 11.3 Å². The molecule has 1 amide bonds. The number of anilines is 2. The van der Waals surface area contributed by atoms with Crippen LogP contribution < -0.4 is 10.2 Å². The molecule has 1 aliphatic heterocycles. The van der Waals surface area contributed by atoms with Gasteiger partial charge in [-0.3, -0.25) is 4.79 Å². The number of hydrogen-bond acceptors (Lipinski definition) is 5. The second-order valence-corrected chi connectivity index (χ2v) is 8.38. The van der Waals surface area contributed by atoms with Gasteiger partial charge in [0.2, 0.25) is 0 Å². The molecule has 1 saturated heterocycles. The lowest BCUT2D eigenvalue weighted by atomic mass is 10.1. The standard InChI is InChI=1S/C22H24N4O3S.CH4/c1-15-10-19(20(27)23-17-7-5-6-16(11-17)21(28)29)26(12-15)13-18-14-30-22(24-18)25-8-3-2-4-9-25;/h5-7,10-12,14H,2-4,8-9,13H2,1H3,(H,23,27)(H,28,29);1H4. The fourth-order valence-electron chi connectivity index (χ4n) is 3.68. The van der Waals surface area contributed by atoms with E-state index in [-0.39, 0.29) is 18.9 Å². The Kier molecular flexibility index (Phi) is 7.12. The van der Waals surface area contributed by atoms with Gasteiger partial charge in [0.15, 0.2) is 5.13 Å². The second-order valence-electron chi connectivity index (χ2n) is 7.54. The Hall–Kier alpha value is -3.13. The molecule has 3 aromatic rings. The van der Waals surface area contributed by atoms with Crippen molar-refractivity contribution in [1.82, 2.24) is 9.55 Å². The molecule has 1 aromatic carbocycles. The largest absolute Gasteiger partial charge is 0.478 e. The van der Waals surface area contributed by atoms with Crippen LogP contribution in [0.4, 0.5) is 10.8 Å². The van der Waals surface area contributed by atoms with Crippen molar-refractivity contribution in [3.05, 3.63) is 64.4 Å². The zero-order valence-corrected chi connectivity index (χ0v) is 17.6. The van der Waals surface area contributed by atoms with Crippen molar-refractivity contribution >= 4 is 34.0 Å². The second kappa shape index (κ2) is 9.78. The predicted octanol–water partition coefficient (Wildman–Crippen LogP) is 4.88. The maximum atomic E-state index is 12.9. The summed E-state index contributed by atoms with van der Waals surface area (Å²) < 4.78 is 1.89. The van der Waals surface area contributed by atoms with Gasteiger partial charge < -0.3 is 19.9 Å². The molecule has 0 atom stereocenters. The molecular weight excluding hydrogens is 412 g/mol. The van der Waals surface area contributed by atoms with Crippen molar-refractivity contribution in [3.63, 3.8) is 0 Å². The predicted molar refractivity (Wildman–Crippen MR) is 125 cm³/mol. The Balaban J connectivity index is 0.00000272. The molecule has 0 saturated carbocycles. The number of aryl methyl sites for hydroxylation is 1. The van der Waals surface area contributed by atoms with Gasteiger partial charge in [0, 0.05) is 30.4 Å². The smallest absolute Gasteiger partial charge is 0.335 e. The van der Waals surface area contributed by atoms with Gasteiger partial charge >= 0.3 is 5.97 Å². The number of nitrogens with one attached hydrogen (secondary N) is 1. The van der Waals surface area contributed by atoms with Crippen molar-refractivity contribution < 1.29 is 14.7 Å². The van der Waals surface area contributed by atoms with Crippen LogP contribution in [0.1, 0.15) is 58.8 Å². The van der Waals surface area contributed by atoms with Gasteiger partial charge in [0.25, 0.3) is 5.91 Å². The van der Waals surface area contributed by atoms with E-state index in [9.17, 15) is 9.59 Å². The van der Waals surface area contributed by atoms with E-state index in [4.69, 9.17) is 10.1 Å². The Morgan fingerprint density at radius 3 is 2.71 bits per heavy atom. The zero-order chi connectivity index (χ0) is 21.1. The van der Waals surface area contributed by atoms with Crippen molar-refractivity contribution in [2.45, 2.75) is 40.2 Å². The highest BCUT2D eigenvalue weighted by molar-refractivity contribution is 7.13. The number of nitrogens with zero attached hydrogens (tertiary/aromatic N) is 3. The van der Waals surface area contributed by atoms with Gasteiger partial charge in [-0.25, -0.2) is 9.78 Å². The highest BCUT2D eigenvalue weighted by Crippen LogP contribution is 2.25. The lowest BCUT2D eigenvalue weighted by Gasteiger charge is -2.25. The van der Waals surface area contributed by atoms with Crippen LogP contribution >= 0.6 is 11.3 Å². The maximum absolute atomic E-state index is 12.9. The molecular formula is C23H28N4O3S. The third kappa shape index (κ3) is 5.32. The molecule has 1 fully saturated rings. The van der Waals surface area contributed by atoms with Crippen LogP contribution in [0.15, 0.2) is 41.9 Å². The van der Waals surface area contributed by atoms with Gasteiger partial charge in [0.05, 0.1) is 17.8 Å². The van der Waals surface area contributed by atoms with Gasteiger partial charge in [-0.2, -0.15) is 0 Å². The first-order chi connectivity index (χ1) is 14.5. The Morgan fingerprint density at radius 2 is 1.97 bits per heavy atom. The topological polar surface area (TPSA) is 87.5 Å². The summed E-state index contributed by atoms with van der Waals surface area (Å²) in [7, 11) is 0. The van der Waals surface area contributed by atoms with Crippen molar-refractivity contribution in [2.24, 2.45) is 0 Å². The SMILES string of the molecule is C.Cc1cc(C(=O)Nc2cccc(C(=O)O)c2)n(Cc2csc(N3CCCCC3)n2)c1. The first-order valence-electron chi connectivity index (χ1n) is 10.0. The summed E-state index contributed by atoms with van der Waals surface area (Å²) in [6, 6.07) is 8.06. The van der Waals surface area contributed by atoms with Crippen LogP contribution in [0.25, 0.3) is 0 Å². The summed E-state index contributed by atoms with van der Waals surface area (Å²) in [4.78, 5) is 31.1. The summed E-state index contributed by atoms with van der Waals surface area (Å²) in [6.07, 6.45) is 5.63. The van der Waals surface area contributed by atoms with E-state index in [1.165, 1.54) is 31.4 Å². The average Bonchev–Trinajstić information content (AvgIpc) is 3.35. The molecule has 164 valence electrons. The Labute approximate surface area is 186 Å². The first-order valence-corrected chi connectivity index (χ1v) is 10.9. The number of carboxylic acids is 1. The van der Waals surface area contributed by atoms with Crippen LogP contribution in [0.3, 0.4) is 0 Å². The summed E-state index contributed by atoms with van der Waals surface area (Å²) in [5, 5.41) is 15.0. The highest BCUT2D eigenvalue weighted by Gasteiger charge is 2.17. The third-order valence-electron chi connectivity index (χ3n) is 5.13. The molecule has 0 unspecified atom stereocenters. The molecule has 7 nitrogen and oxygen atoms in total. The molecule has 3 heterocycles. The molecule has 0 spiro atoms. The van der Waals surface area contributed by atoms with E-state index >= 15 is 0 Å². The van der Waals surface area contributed by atoms with E-state index in [0.29, 0.717) is 17.9 Å². The molecule has 1 aliphatic rings. The van der Waals surface area contributed by atoms with Crippen LogP contribution in [-0.4, -0.2) is 39.6 Å². The number of aromatic nitrogens is 2. The first kappa shape index (κ1) is 22.6. The number of piperidine rings is 1. The number of carbonyl (C=O) groups is 2. The molecule has 0 aliphatic carbocycles. The minimum atomic E-state index is -1.03. The lowest BCUT2D eigenvalue weighted by Crippen LogP contribution is -2.29. The van der Waals surface area contributed by atoms with E-state index in [0.717, 1.165) is 29.5 Å². The van der Waals surface area contributed by atoms with Crippen LogP contribution in [0.2, 0.25) is 0 Å². The number of hydrogen-bond donors (Lipinski definition) is 2. The number of rotatable bonds is 6. The molecule has 4 rings (SSSR count). The van der Waals surface area contributed by atoms with Gasteiger partial charge in [-0.05, 0) is 56.0 Å². The fourth-order valence-corrected chi connectivity index (χ4v) is 4.55. The van der Waals surface area contributed by atoms with E-state index in [1.54, 1.807) is 23.5 Å². The summed E-state index contributed by atoms with van der Waals surface area (Å²) in [6.45, 7) is 4.56. The average molecular weight is 441 g/mol. The number of amides is 1. The van der Waals surface area contributed by atoms with Crippen LogP contribution in [-0.2, 0) is 6.54 Å². The summed E-state index contributed by atoms with van der Waals surface area (Å²) in [5.41, 5.74) is 3.00.